The quantitative estimate of drug-likeness (QED) is 0.528. The Bertz CT molecular complexity index is 1230. The smallest absolute Gasteiger partial charge is 0.270 e. The first-order chi connectivity index (χ1) is 14.8. The van der Waals surface area contributed by atoms with Gasteiger partial charge in [-0.05, 0) is 30.3 Å². The monoisotopic (exact) mass is 417 g/mol. The van der Waals surface area contributed by atoms with Gasteiger partial charge in [-0.2, -0.15) is 5.10 Å². The van der Waals surface area contributed by atoms with Crippen molar-refractivity contribution in [2.75, 3.05) is 6.54 Å². The summed E-state index contributed by atoms with van der Waals surface area (Å²) in [4.78, 5) is 21.9. The highest BCUT2D eigenvalue weighted by Crippen LogP contribution is 2.26. The van der Waals surface area contributed by atoms with Crippen molar-refractivity contribution in [3.05, 3.63) is 83.7 Å². The van der Waals surface area contributed by atoms with Gasteiger partial charge in [0.25, 0.3) is 5.91 Å². The molecular weight excluding hydrogens is 393 g/mol. The molecule has 3 heterocycles. The molecular formula is C24H24FN5O. The van der Waals surface area contributed by atoms with Crippen LogP contribution >= 0.6 is 0 Å². The van der Waals surface area contributed by atoms with Crippen molar-refractivity contribution >= 4 is 11.6 Å². The fourth-order valence-corrected chi connectivity index (χ4v) is 3.25. The molecule has 3 aromatic heterocycles. The van der Waals surface area contributed by atoms with Crippen LogP contribution < -0.4 is 5.32 Å². The van der Waals surface area contributed by atoms with Crippen LogP contribution in [0.15, 0.2) is 60.8 Å². The highest BCUT2D eigenvalue weighted by Gasteiger charge is 2.22. The number of halogens is 1. The minimum atomic E-state index is -0.392. The summed E-state index contributed by atoms with van der Waals surface area (Å²) in [6.45, 7) is 6.54. The summed E-state index contributed by atoms with van der Waals surface area (Å²) >= 11 is 0. The van der Waals surface area contributed by atoms with Crippen molar-refractivity contribution in [3.8, 4) is 11.3 Å². The van der Waals surface area contributed by atoms with E-state index in [1.165, 1.54) is 10.6 Å². The van der Waals surface area contributed by atoms with Gasteiger partial charge in [-0.15, -0.1) is 0 Å². The SMILES string of the molecule is CC(C)(C)c1cc2nc(-c3ccccc3F)cc(C(=O)NCCc3ccccn3)n2n1. The van der Waals surface area contributed by atoms with Gasteiger partial charge in [0.15, 0.2) is 5.65 Å². The zero-order valence-electron chi connectivity index (χ0n) is 17.8. The first-order valence-electron chi connectivity index (χ1n) is 10.2. The molecule has 6 nitrogen and oxygen atoms in total. The third-order valence-corrected chi connectivity index (χ3v) is 4.97. The molecule has 7 heteroatoms. The summed E-state index contributed by atoms with van der Waals surface area (Å²) < 4.78 is 16.0. The molecule has 0 spiro atoms. The molecule has 0 saturated heterocycles. The fourth-order valence-electron chi connectivity index (χ4n) is 3.25. The van der Waals surface area contributed by atoms with Crippen LogP contribution in [0, 0.1) is 5.82 Å². The van der Waals surface area contributed by atoms with Crippen molar-refractivity contribution in [2.24, 2.45) is 0 Å². The number of carbonyl (C=O) groups is 1. The lowest BCUT2D eigenvalue weighted by atomic mass is 9.93. The maximum atomic E-state index is 14.4. The summed E-state index contributed by atoms with van der Waals surface area (Å²) in [5.74, 6) is -0.694. The largest absolute Gasteiger partial charge is 0.350 e. The van der Waals surface area contributed by atoms with Crippen LogP contribution in [0.5, 0.6) is 0 Å². The van der Waals surface area contributed by atoms with Gasteiger partial charge in [0, 0.05) is 41.9 Å². The van der Waals surface area contributed by atoms with Gasteiger partial charge in [0.1, 0.15) is 11.5 Å². The Morgan fingerprint density at radius 2 is 1.87 bits per heavy atom. The molecule has 1 aromatic carbocycles. The molecule has 0 bridgehead atoms. The van der Waals surface area contributed by atoms with Gasteiger partial charge in [0.2, 0.25) is 0 Å². The molecule has 0 aliphatic heterocycles. The molecule has 1 amide bonds. The Labute approximate surface area is 180 Å². The van der Waals surface area contributed by atoms with E-state index >= 15 is 0 Å². The molecule has 0 aliphatic carbocycles. The standard InChI is InChI=1S/C24H24FN5O/c1-24(2,3)21-15-22-28-19(17-9-4-5-10-18(17)25)14-20(30(22)29-21)23(31)27-13-11-16-8-6-7-12-26-16/h4-10,12,14-15H,11,13H2,1-3H3,(H,27,31). The van der Waals surface area contributed by atoms with Gasteiger partial charge in [0.05, 0.1) is 11.4 Å². The highest BCUT2D eigenvalue weighted by molar-refractivity contribution is 5.94. The number of carbonyl (C=O) groups excluding carboxylic acids is 1. The lowest BCUT2D eigenvalue weighted by molar-refractivity contribution is 0.0946. The Kier molecular flexibility index (Phi) is 5.50. The molecule has 0 aliphatic rings. The second kappa shape index (κ2) is 8.26. The minimum Gasteiger partial charge on any atom is -0.350 e. The van der Waals surface area contributed by atoms with Gasteiger partial charge in [-0.25, -0.2) is 13.9 Å². The first-order valence-corrected chi connectivity index (χ1v) is 10.2. The summed E-state index contributed by atoms with van der Waals surface area (Å²) in [7, 11) is 0. The van der Waals surface area contributed by atoms with Crippen molar-refractivity contribution in [3.63, 3.8) is 0 Å². The third kappa shape index (κ3) is 4.45. The Morgan fingerprint density at radius 3 is 2.58 bits per heavy atom. The number of aromatic nitrogens is 4. The summed E-state index contributed by atoms with van der Waals surface area (Å²) in [5, 5.41) is 7.54. The molecule has 0 radical (unpaired) electrons. The van der Waals surface area contributed by atoms with E-state index in [-0.39, 0.29) is 11.3 Å². The number of benzene rings is 1. The number of hydrogen-bond donors (Lipinski definition) is 1. The van der Waals surface area contributed by atoms with Gasteiger partial charge in [-0.1, -0.05) is 39.0 Å². The molecule has 31 heavy (non-hydrogen) atoms. The Balaban J connectivity index is 1.71. The second-order valence-electron chi connectivity index (χ2n) is 8.38. The Morgan fingerprint density at radius 1 is 1.10 bits per heavy atom. The molecule has 0 atom stereocenters. The van der Waals surface area contributed by atoms with Gasteiger partial charge >= 0.3 is 0 Å². The minimum absolute atomic E-state index is 0.224. The van der Waals surface area contributed by atoms with E-state index in [9.17, 15) is 9.18 Å². The molecule has 0 unspecified atom stereocenters. The van der Waals surface area contributed by atoms with Crippen molar-refractivity contribution in [2.45, 2.75) is 32.6 Å². The first kappa shape index (κ1) is 20.7. The topological polar surface area (TPSA) is 72.2 Å². The lowest BCUT2D eigenvalue weighted by Crippen LogP contribution is -2.28. The van der Waals surface area contributed by atoms with Gasteiger partial charge < -0.3 is 5.32 Å². The number of hydrogen-bond acceptors (Lipinski definition) is 4. The van der Waals surface area contributed by atoms with Crippen LogP contribution in [0.1, 0.15) is 42.6 Å². The van der Waals surface area contributed by atoms with Crippen LogP contribution in [0.25, 0.3) is 16.9 Å². The molecule has 1 N–H and O–H groups in total. The number of pyridine rings is 1. The normalized spacial score (nSPS) is 11.6. The number of amides is 1. The molecule has 4 rings (SSSR count). The van der Waals surface area contributed by atoms with E-state index in [0.717, 1.165) is 11.4 Å². The van der Waals surface area contributed by atoms with Gasteiger partial charge in [-0.3, -0.25) is 9.78 Å². The number of nitrogens with one attached hydrogen (secondary N) is 1. The van der Waals surface area contributed by atoms with Crippen LogP contribution in [0.4, 0.5) is 4.39 Å². The fraction of sp³-hybridized carbons (Fsp3) is 0.250. The van der Waals surface area contributed by atoms with Crippen molar-refractivity contribution in [1.82, 2.24) is 24.9 Å². The molecule has 158 valence electrons. The highest BCUT2D eigenvalue weighted by atomic mass is 19.1. The van der Waals surface area contributed by atoms with Crippen molar-refractivity contribution < 1.29 is 9.18 Å². The zero-order valence-corrected chi connectivity index (χ0v) is 17.8. The third-order valence-electron chi connectivity index (χ3n) is 4.97. The van der Waals surface area contributed by atoms with Crippen LogP contribution in [-0.4, -0.2) is 32.0 Å². The maximum absolute atomic E-state index is 14.4. The lowest BCUT2D eigenvalue weighted by Gasteiger charge is -2.13. The molecule has 0 fully saturated rings. The van der Waals surface area contributed by atoms with E-state index in [4.69, 9.17) is 0 Å². The van der Waals surface area contributed by atoms with Crippen molar-refractivity contribution in [1.29, 1.82) is 0 Å². The summed E-state index contributed by atoms with van der Waals surface area (Å²) in [5.41, 5.74) is 3.00. The summed E-state index contributed by atoms with van der Waals surface area (Å²) in [6.07, 6.45) is 2.33. The van der Waals surface area contributed by atoms with Crippen LogP contribution in [-0.2, 0) is 11.8 Å². The number of rotatable bonds is 5. The number of nitrogens with zero attached hydrogens (tertiary/aromatic N) is 4. The second-order valence-corrected chi connectivity index (χ2v) is 8.38. The van der Waals surface area contributed by atoms with Crippen LogP contribution in [0.2, 0.25) is 0 Å². The van der Waals surface area contributed by atoms with E-state index in [2.05, 4.69) is 20.4 Å². The Hall–Kier alpha value is -3.61. The predicted octanol–water partition coefficient (Wildman–Crippen LogP) is 4.20. The average Bonchev–Trinajstić information content (AvgIpc) is 3.19. The average molecular weight is 417 g/mol. The molecule has 0 saturated carbocycles. The van der Waals surface area contributed by atoms with E-state index in [1.54, 1.807) is 30.5 Å². The van der Waals surface area contributed by atoms with E-state index < -0.39 is 5.82 Å². The summed E-state index contributed by atoms with van der Waals surface area (Å²) in [6, 6.07) is 15.5. The van der Waals surface area contributed by atoms with E-state index in [1.807, 2.05) is 45.0 Å². The maximum Gasteiger partial charge on any atom is 0.270 e. The van der Waals surface area contributed by atoms with Crippen LogP contribution in [0.3, 0.4) is 0 Å². The number of fused-ring (bicyclic) bond motifs is 1. The zero-order chi connectivity index (χ0) is 22.0. The predicted molar refractivity (Wildman–Crippen MR) is 117 cm³/mol. The van der Waals surface area contributed by atoms with E-state index in [0.29, 0.717) is 35.6 Å². The molecule has 4 aromatic rings.